The van der Waals surface area contributed by atoms with Crippen molar-refractivity contribution >= 4 is 5.97 Å². The molecule has 0 saturated heterocycles. The molecule has 1 radical (unpaired) electrons. The van der Waals surface area contributed by atoms with E-state index in [0.717, 1.165) is 5.56 Å². The number of phenolic OH excluding ortho intramolecular Hbond substituents is 1. The first-order chi connectivity index (χ1) is 6.50. The van der Waals surface area contributed by atoms with Gasteiger partial charge in [-0.25, -0.2) is 0 Å². The van der Waals surface area contributed by atoms with E-state index in [4.69, 9.17) is 10.8 Å². The average Bonchev–Trinajstić information content (AvgIpc) is 2.11. The second-order valence-electron chi connectivity index (χ2n) is 3.19. The fraction of sp³-hybridized carbons (Fsp3) is 0.300. The zero-order valence-electron chi connectivity index (χ0n) is 8.40. The van der Waals surface area contributed by atoms with Gasteiger partial charge in [-0.2, -0.15) is 17.7 Å². The summed E-state index contributed by atoms with van der Waals surface area (Å²) in [4.78, 5) is 10.5. The van der Waals surface area contributed by atoms with Gasteiger partial charge in [0.05, 0.1) is 6.04 Å². The van der Waals surface area contributed by atoms with Crippen LogP contribution in [0.1, 0.15) is 11.1 Å². The van der Waals surface area contributed by atoms with Crippen molar-refractivity contribution < 1.29 is 47.7 Å². The predicted octanol–water partition coefficient (Wildman–Crippen LogP) is 0.453. The third-order valence-electron chi connectivity index (χ3n) is 1.94. The van der Waals surface area contributed by atoms with Crippen LogP contribution in [-0.4, -0.2) is 22.2 Å². The number of rotatable bonds is 3. The zero-order chi connectivity index (χ0) is 10.7. The van der Waals surface area contributed by atoms with E-state index in [1.54, 1.807) is 19.1 Å². The fourth-order valence-electron chi connectivity index (χ4n) is 1.12. The van der Waals surface area contributed by atoms with Gasteiger partial charge in [-0.05, 0) is 6.42 Å². The van der Waals surface area contributed by atoms with E-state index in [1.807, 2.05) is 0 Å². The Morgan fingerprint density at radius 2 is 2.27 bits per heavy atom. The molecule has 0 unspecified atom stereocenters. The Morgan fingerprint density at radius 1 is 1.67 bits per heavy atom. The van der Waals surface area contributed by atoms with Crippen LogP contribution in [0.2, 0.25) is 0 Å². The van der Waals surface area contributed by atoms with Gasteiger partial charge in [0.25, 0.3) is 0 Å². The predicted molar refractivity (Wildman–Crippen MR) is 51.0 cm³/mol. The van der Waals surface area contributed by atoms with Gasteiger partial charge >= 0.3 is 5.97 Å². The number of benzene rings is 1. The van der Waals surface area contributed by atoms with E-state index in [2.05, 4.69) is 6.07 Å². The quantitative estimate of drug-likeness (QED) is 0.703. The molecule has 79 valence electrons. The minimum Gasteiger partial charge on any atom is -0.534 e. The van der Waals surface area contributed by atoms with Crippen LogP contribution in [-0.2, 0) is 43.9 Å². The third kappa shape index (κ3) is 4.28. The molecule has 0 heterocycles. The van der Waals surface area contributed by atoms with Crippen LogP contribution < -0.4 is 5.73 Å². The van der Waals surface area contributed by atoms with Crippen molar-refractivity contribution in [1.29, 1.82) is 0 Å². The molecule has 0 saturated carbocycles. The molecule has 0 aliphatic heterocycles. The maximum absolute atomic E-state index is 10.5. The average molecular weight is 283 g/mol. The number of carboxylic acids is 1. The topological polar surface area (TPSA) is 83.6 Å². The van der Waals surface area contributed by atoms with Gasteiger partial charge in [-0.3, -0.25) is 4.79 Å². The summed E-state index contributed by atoms with van der Waals surface area (Å²) in [6.45, 7) is 1.72. The maximum Gasteiger partial charge on any atom is 0.319 e. The first-order valence-electron chi connectivity index (χ1n) is 4.19. The van der Waals surface area contributed by atoms with Gasteiger partial charge in [-0.15, -0.1) is 11.6 Å². The minimum atomic E-state index is -1.03. The summed E-state index contributed by atoms with van der Waals surface area (Å²) < 4.78 is 0. The Labute approximate surface area is 113 Å². The van der Waals surface area contributed by atoms with Gasteiger partial charge in [0, 0.05) is 38.5 Å². The SMILES string of the molecule is Cc1cc(C[C@H](N)C(=O)O)c[c-]c1O.[Y]. The van der Waals surface area contributed by atoms with Crippen molar-refractivity contribution in [3.8, 4) is 5.75 Å². The molecule has 15 heavy (non-hydrogen) atoms. The molecule has 5 heteroatoms. The number of carboxylic acid groups (broad SMARTS) is 1. The Morgan fingerprint density at radius 3 is 2.73 bits per heavy atom. The normalized spacial score (nSPS) is 11.6. The third-order valence-corrected chi connectivity index (χ3v) is 1.94. The zero-order valence-corrected chi connectivity index (χ0v) is 11.2. The largest absolute Gasteiger partial charge is 0.534 e. The standard InChI is InChI=1S/C10H12NO3.Y/c1-6-4-7(2-3-9(6)12)5-8(11)10(13)14;/h2,4,8,12H,5,11H2,1H3,(H,13,14);/q-1;/t8-;/m0./s1. The molecule has 0 aromatic heterocycles. The Kier molecular flexibility index (Phi) is 6.02. The summed E-state index contributed by atoms with van der Waals surface area (Å²) in [5, 5.41) is 17.8. The summed E-state index contributed by atoms with van der Waals surface area (Å²) in [6.07, 6.45) is 0.243. The monoisotopic (exact) mass is 283 g/mol. The molecule has 4 N–H and O–H groups in total. The molecule has 0 bridgehead atoms. The van der Waals surface area contributed by atoms with Gasteiger partial charge in [0.15, 0.2) is 0 Å². The van der Waals surface area contributed by atoms with Crippen molar-refractivity contribution in [3.05, 3.63) is 29.3 Å². The molecule has 4 nitrogen and oxygen atoms in total. The van der Waals surface area contributed by atoms with Crippen LogP contribution in [0.25, 0.3) is 0 Å². The summed E-state index contributed by atoms with van der Waals surface area (Å²) >= 11 is 0. The summed E-state index contributed by atoms with van der Waals surface area (Å²) in [7, 11) is 0. The number of aryl methyl sites for hydroxylation is 1. The van der Waals surface area contributed by atoms with Gasteiger partial charge < -0.3 is 15.9 Å². The molecule has 0 fully saturated rings. The van der Waals surface area contributed by atoms with Gasteiger partial charge in [-0.1, -0.05) is 6.92 Å². The molecule has 0 spiro atoms. The van der Waals surface area contributed by atoms with Crippen LogP contribution >= 0.6 is 0 Å². The van der Waals surface area contributed by atoms with Crippen molar-refractivity contribution in [1.82, 2.24) is 0 Å². The van der Waals surface area contributed by atoms with Crippen molar-refractivity contribution in [3.63, 3.8) is 0 Å². The molecular formula is C10H12NO3Y-. The second-order valence-corrected chi connectivity index (χ2v) is 3.19. The van der Waals surface area contributed by atoms with Crippen LogP contribution in [0.3, 0.4) is 0 Å². The van der Waals surface area contributed by atoms with Crippen LogP contribution in [0, 0.1) is 13.0 Å². The Balaban J connectivity index is 0.00000196. The molecular weight excluding hydrogens is 271 g/mol. The second kappa shape index (κ2) is 6.21. The number of hydrogen-bond acceptors (Lipinski definition) is 3. The molecule has 1 aromatic rings. The first kappa shape index (κ1) is 14.6. The number of phenols is 1. The summed E-state index contributed by atoms with van der Waals surface area (Å²) in [6, 6.07) is 4.96. The van der Waals surface area contributed by atoms with Crippen molar-refractivity contribution in [2.75, 3.05) is 0 Å². The first-order valence-corrected chi connectivity index (χ1v) is 4.19. The van der Waals surface area contributed by atoms with E-state index in [1.165, 1.54) is 0 Å². The van der Waals surface area contributed by atoms with Gasteiger partial charge in [0.2, 0.25) is 0 Å². The Hall–Kier alpha value is -0.446. The number of hydrogen-bond donors (Lipinski definition) is 3. The molecule has 1 rings (SSSR count). The molecule has 1 atom stereocenters. The summed E-state index contributed by atoms with van der Waals surface area (Å²) in [5.74, 6) is -0.951. The van der Waals surface area contributed by atoms with Crippen molar-refractivity contribution in [2.24, 2.45) is 5.73 Å². The number of aromatic hydroxyl groups is 1. The van der Waals surface area contributed by atoms with Crippen molar-refractivity contribution in [2.45, 2.75) is 19.4 Å². The van der Waals surface area contributed by atoms with Crippen LogP contribution in [0.15, 0.2) is 12.1 Å². The fourth-order valence-corrected chi connectivity index (χ4v) is 1.12. The molecule has 0 aliphatic rings. The van der Waals surface area contributed by atoms with E-state index in [9.17, 15) is 9.90 Å². The number of nitrogens with two attached hydrogens (primary N) is 1. The van der Waals surface area contributed by atoms with E-state index >= 15 is 0 Å². The number of carbonyl (C=O) groups is 1. The molecule has 1 aromatic carbocycles. The number of aliphatic carboxylic acids is 1. The smallest absolute Gasteiger partial charge is 0.319 e. The van der Waals surface area contributed by atoms with E-state index < -0.39 is 12.0 Å². The maximum atomic E-state index is 10.5. The van der Waals surface area contributed by atoms with E-state index in [-0.39, 0.29) is 44.9 Å². The molecule has 0 amide bonds. The summed E-state index contributed by atoms with van der Waals surface area (Å²) in [5.41, 5.74) is 6.79. The molecule has 0 aliphatic carbocycles. The Bertz CT molecular complexity index is 355. The van der Waals surface area contributed by atoms with Crippen LogP contribution in [0.4, 0.5) is 0 Å². The van der Waals surface area contributed by atoms with E-state index in [0.29, 0.717) is 5.56 Å². The minimum absolute atomic E-state index is 0. The van der Waals surface area contributed by atoms with Crippen LogP contribution in [0.5, 0.6) is 5.75 Å². The van der Waals surface area contributed by atoms with Gasteiger partial charge in [0.1, 0.15) is 0 Å².